The van der Waals surface area contributed by atoms with E-state index in [9.17, 15) is 8.78 Å². The van der Waals surface area contributed by atoms with Crippen LogP contribution in [0.25, 0.3) is 0 Å². The van der Waals surface area contributed by atoms with Crippen LogP contribution in [0.15, 0.2) is 24.4 Å². The quantitative estimate of drug-likeness (QED) is 0.852. The first-order valence-corrected chi connectivity index (χ1v) is 6.78. The summed E-state index contributed by atoms with van der Waals surface area (Å²) < 4.78 is 30.8. The van der Waals surface area contributed by atoms with Gasteiger partial charge in [-0.3, -0.25) is 0 Å². The van der Waals surface area contributed by atoms with Gasteiger partial charge in [-0.05, 0) is 37.6 Å². The van der Waals surface area contributed by atoms with Crippen LogP contribution in [0.1, 0.15) is 17.7 Å². The molecule has 0 amide bonds. The van der Waals surface area contributed by atoms with Crippen molar-refractivity contribution in [3.63, 3.8) is 0 Å². The van der Waals surface area contributed by atoms with Crippen LogP contribution in [0.5, 0.6) is 5.75 Å². The Hall–Kier alpha value is -1.73. The van der Waals surface area contributed by atoms with Crippen LogP contribution in [-0.2, 0) is 13.0 Å². The molecule has 0 bridgehead atoms. The highest BCUT2D eigenvalue weighted by Gasteiger charge is 2.11. The lowest BCUT2D eigenvalue weighted by atomic mass is 10.2. The fourth-order valence-corrected chi connectivity index (χ4v) is 2.07. The Balaban J connectivity index is 2.14. The number of halogens is 3. The molecule has 1 heterocycles. The summed E-state index contributed by atoms with van der Waals surface area (Å²) in [6.07, 6.45) is 3.30. The summed E-state index contributed by atoms with van der Waals surface area (Å²) in [7, 11) is 0. The number of nitrogens with zero attached hydrogens (tertiary/aromatic N) is 3. The molecule has 0 fully saturated rings. The van der Waals surface area contributed by atoms with Crippen LogP contribution in [0, 0.1) is 0 Å². The first-order chi connectivity index (χ1) is 10.1. The summed E-state index contributed by atoms with van der Waals surface area (Å²) in [6, 6.07) is 4.48. The molecule has 114 valence electrons. The average Bonchev–Trinajstić information content (AvgIpc) is 2.87. The summed E-state index contributed by atoms with van der Waals surface area (Å²) in [6.45, 7) is -2.06. The van der Waals surface area contributed by atoms with Crippen LogP contribution in [0.2, 0.25) is 5.02 Å². The van der Waals surface area contributed by atoms with Crippen molar-refractivity contribution in [2.75, 3.05) is 6.54 Å². The Morgan fingerprint density at radius 2 is 2.19 bits per heavy atom. The van der Waals surface area contributed by atoms with Gasteiger partial charge in [0.15, 0.2) is 0 Å². The molecule has 2 N–H and O–H groups in total. The molecule has 0 radical (unpaired) electrons. The molecule has 0 saturated carbocycles. The highest BCUT2D eigenvalue weighted by Crippen LogP contribution is 2.25. The standard InChI is InChI=1S/C13H15ClF2N4O/c14-10-3-4-12(21-13(15)16)9(6-10)7-20-8-11(18-19-20)2-1-5-17/h3-4,6,8,13H,1-2,5,7,17H2. The van der Waals surface area contributed by atoms with Gasteiger partial charge in [0.25, 0.3) is 0 Å². The lowest BCUT2D eigenvalue weighted by Gasteiger charge is -2.10. The van der Waals surface area contributed by atoms with Crippen molar-refractivity contribution in [1.82, 2.24) is 15.0 Å². The van der Waals surface area contributed by atoms with E-state index >= 15 is 0 Å². The number of aryl methyl sites for hydroxylation is 1. The predicted molar refractivity (Wildman–Crippen MR) is 74.6 cm³/mol. The summed E-state index contributed by atoms with van der Waals surface area (Å²) in [5.41, 5.74) is 6.75. The maximum absolute atomic E-state index is 12.4. The molecule has 0 aliphatic rings. The Labute approximate surface area is 125 Å². The molecule has 1 aromatic carbocycles. The van der Waals surface area contributed by atoms with Gasteiger partial charge in [-0.15, -0.1) is 5.10 Å². The third kappa shape index (κ3) is 4.64. The third-order valence-electron chi connectivity index (χ3n) is 2.79. The maximum Gasteiger partial charge on any atom is 0.387 e. The van der Waals surface area contributed by atoms with Gasteiger partial charge in [0.1, 0.15) is 5.75 Å². The van der Waals surface area contributed by atoms with Crippen molar-refractivity contribution < 1.29 is 13.5 Å². The molecular weight excluding hydrogens is 302 g/mol. The number of hydrogen-bond donors (Lipinski definition) is 1. The lowest BCUT2D eigenvalue weighted by Crippen LogP contribution is -2.07. The molecule has 21 heavy (non-hydrogen) atoms. The second kappa shape index (κ2) is 7.33. The van der Waals surface area contributed by atoms with Crippen LogP contribution >= 0.6 is 11.6 Å². The summed E-state index contributed by atoms with van der Waals surface area (Å²) >= 11 is 5.89. The molecule has 1 aromatic heterocycles. The molecule has 8 heteroatoms. The van der Waals surface area contributed by atoms with Crippen molar-refractivity contribution in [3.8, 4) is 5.75 Å². The van der Waals surface area contributed by atoms with Gasteiger partial charge in [0.2, 0.25) is 0 Å². The molecule has 2 rings (SSSR count). The minimum atomic E-state index is -2.89. The molecule has 0 aliphatic heterocycles. The Morgan fingerprint density at radius 1 is 1.38 bits per heavy atom. The molecule has 0 unspecified atom stereocenters. The SMILES string of the molecule is NCCCc1cn(Cc2cc(Cl)ccc2OC(F)F)nn1. The van der Waals surface area contributed by atoms with Gasteiger partial charge in [-0.25, -0.2) is 4.68 Å². The summed E-state index contributed by atoms with van der Waals surface area (Å²) in [4.78, 5) is 0. The van der Waals surface area contributed by atoms with Crippen molar-refractivity contribution in [2.24, 2.45) is 5.73 Å². The molecule has 0 aliphatic carbocycles. The van der Waals surface area contributed by atoms with Crippen molar-refractivity contribution in [1.29, 1.82) is 0 Å². The van der Waals surface area contributed by atoms with Gasteiger partial charge >= 0.3 is 6.61 Å². The van der Waals surface area contributed by atoms with E-state index in [1.54, 1.807) is 16.9 Å². The number of aromatic nitrogens is 3. The Kier molecular flexibility index (Phi) is 5.46. The van der Waals surface area contributed by atoms with Crippen LogP contribution in [0.3, 0.4) is 0 Å². The first-order valence-electron chi connectivity index (χ1n) is 6.41. The number of ether oxygens (including phenoxy) is 1. The second-order valence-corrected chi connectivity index (χ2v) is 4.87. The van der Waals surface area contributed by atoms with Crippen LogP contribution in [-0.4, -0.2) is 28.2 Å². The van der Waals surface area contributed by atoms with E-state index in [0.29, 0.717) is 17.1 Å². The second-order valence-electron chi connectivity index (χ2n) is 4.43. The fourth-order valence-electron chi connectivity index (χ4n) is 1.87. The van der Waals surface area contributed by atoms with Gasteiger partial charge in [0, 0.05) is 16.8 Å². The van der Waals surface area contributed by atoms with Gasteiger partial charge in [-0.2, -0.15) is 8.78 Å². The minimum absolute atomic E-state index is 0.0772. The average molecular weight is 317 g/mol. The lowest BCUT2D eigenvalue weighted by molar-refractivity contribution is -0.0505. The van der Waals surface area contributed by atoms with Crippen molar-refractivity contribution >= 4 is 11.6 Å². The fraction of sp³-hybridized carbons (Fsp3) is 0.385. The minimum Gasteiger partial charge on any atom is -0.434 e. The highest BCUT2D eigenvalue weighted by atomic mass is 35.5. The van der Waals surface area contributed by atoms with E-state index in [4.69, 9.17) is 17.3 Å². The normalized spacial score (nSPS) is 11.1. The molecule has 0 saturated heterocycles. The number of hydrogen-bond acceptors (Lipinski definition) is 4. The third-order valence-corrected chi connectivity index (χ3v) is 3.03. The number of alkyl halides is 2. The smallest absolute Gasteiger partial charge is 0.387 e. The van der Waals surface area contributed by atoms with Gasteiger partial charge in [-0.1, -0.05) is 16.8 Å². The van der Waals surface area contributed by atoms with Crippen LogP contribution in [0.4, 0.5) is 8.78 Å². The molecule has 2 aromatic rings. The monoisotopic (exact) mass is 316 g/mol. The van der Waals surface area contributed by atoms with Crippen molar-refractivity contribution in [2.45, 2.75) is 26.0 Å². The van der Waals surface area contributed by atoms with Gasteiger partial charge < -0.3 is 10.5 Å². The van der Waals surface area contributed by atoms with Gasteiger partial charge in [0.05, 0.1) is 12.2 Å². The van der Waals surface area contributed by atoms with Crippen LogP contribution < -0.4 is 10.5 Å². The summed E-state index contributed by atoms with van der Waals surface area (Å²) in [5.74, 6) is 0.0772. The van der Waals surface area contributed by atoms with E-state index < -0.39 is 6.61 Å². The number of benzene rings is 1. The zero-order valence-corrected chi connectivity index (χ0v) is 11.9. The molecule has 0 spiro atoms. The largest absolute Gasteiger partial charge is 0.434 e. The topological polar surface area (TPSA) is 66.0 Å². The van der Waals surface area contributed by atoms with Crippen molar-refractivity contribution in [3.05, 3.63) is 40.7 Å². The Morgan fingerprint density at radius 3 is 2.90 bits per heavy atom. The first kappa shape index (κ1) is 15.7. The molecule has 0 atom stereocenters. The van der Waals surface area contributed by atoms with E-state index in [1.165, 1.54) is 12.1 Å². The zero-order valence-electron chi connectivity index (χ0n) is 11.2. The van der Waals surface area contributed by atoms with E-state index in [2.05, 4.69) is 15.0 Å². The number of rotatable bonds is 7. The Bertz CT molecular complexity index is 591. The maximum atomic E-state index is 12.4. The zero-order chi connectivity index (χ0) is 15.2. The molecular formula is C13H15ClF2N4O. The summed E-state index contributed by atoms with van der Waals surface area (Å²) in [5, 5.41) is 8.39. The van der Waals surface area contributed by atoms with E-state index in [1.807, 2.05) is 0 Å². The number of nitrogens with two attached hydrogens (primary N) is 1. The predicted octanol–water partition coefficient (Wildman–Crippen LogP) is 2.47. The van der Waals surface area contributed by atoms with E-state index in [0.717, 1.165) is 18.5 Å². The highest BCUT2D eigenvalue weighted by molar-refractivity contribution is 6.30. The van der Waals surface area contributed by atoms with E-state index in [-0.39, 0.29) is 12.3 Å². The molecule has 5 nitrogen and oxygen atoms in total.